The van der Waals surface area contributed by atoms with Crippen LogP contribution in [0.5, 0.6) is 11.5 Å². The summed E-state index contributed by atoms with van der Waals surface area (Å²) in [6.45, 7) is 4.70. The minimum Gasteiger partial charge on any atom is -0.507 e. The molecule has 8 nitrogen and oxygen atoms in total. The first-order valence-corrected chi connectivity index (χ1v) is 15.2. The average molecular weight is 606 g/mol. The van der Waals surface area contributed by atoms with Crippen LogP contribution in [0.25, 0.3) is 5.76 Å². The van der Waals surface area contributed by atoms with Crippen molar-refractivity contribution in [1.29, 1.82) is 0 Å². The van der Waals surface area contributed by atoms with Gasteiger partial charge in [-0.1, -0.05) is 84.6 Å². The zero-order chi connectivity index (χ0) is 29.6. The highest BCUT2D eigenvalue weighted by Crippen LogP contribution is 2.45. The second kappa shape index (κ2) is 13.2. The number of nitrogens with zero attached hydrogens (tertiary/aromatic N) is 3. The van der Waals surface area contributed by atoms with Crippen LogP contribution in [-0.2, 0) is 15.3 Å². The molecule has 11 heteroatoms. The molecule has 216 valence electrons. The zero-order valence-electron chi connectivity index (χ0n) is 23.0. The molecule has 42 heavy (non-hydrogen) atoms. The van der Waals surface area contributed by atoms with Crippen molar-refractivity contribution in [3.63, 3.8) is 0 Å². The minimum atomic E-state index is -1.01. The number of rotatable bonds is 11. The van der Waals surface area contributed by atoms with E-state index in [1.165, 1.54) is 22.7 Å². The Hall–Kier alpha value is -4.22. The van der Waals surface area contributed by atoms with E-state index in [0.29, 0.717) is 51.5 Å². The predicted molar refractivity (Wildman–Crippen MR) is 160 cm³/mol. The molecule has 1 N–H and O–H groups in total. The van der Waals surface area contributed by atoms with Crippen LogP contribution >= 0.6 is 23.1 Å². The molecule has 5 rings (SSSR count). The SMILES string of the molecule is CCCOc1ccc(C2C(=C(O)c3ccccc3)C(=O)C(=O)N2c2nnc(SCc3ccccc3F)s2)cc1OCC. The van der Waals surface area contributed by atoms with Crippen molar-refractivity contribution in [1.82, 2.24) is 10.2 Å². The van der Waals surface area contributed by atoms with Crippen LogP contribution < -0.4 is 14.4 Å². The summed E-state index contributed by atoms with van der Waals surface area (Å²) in [6.07, 6.45) is 0.804. The van der Waals surface area contributed by atoms with Gasteiger partial charge in [-0.15, -0.1) is 10.2 Å². The molecule has 0 spiro atoms. The topological polar surface area (TPSA) is 102 Å². The first-order chi connectivity index (χ1) is 20.4. The fraction of sp³-hybridized carbons (Fsp3) is 0.226. The third-order valence-corrected chi connectivity index (χ3v) is 8.55. The van der Waals surface area contributed by atoms with E-state index in [1.54, 1.807) is 66.7 Å². The smallest absolute Gasteiger partial charge is 0.301 e. The highest BCUT2D eigenvalue weighted by molar-refractivity contribution is 8.00. The van der Waals surface area contributed by atoms with E-state index in [0.717, 1.165) is 17.8 Å². The Labute approximate surface area is 250 Å². The van der Waals surface area contributed by atoms with Crippen LogP contribution in [0.1, 0.15) is 43.0 Å². The molecule has 1 saturated heterocycles. The van der Waals surface area contributed by atoms with E-state index in [4.69, 9.17) is 9.47 Å². The quantitative estimate of drug-likeness (QED) is 0.0656. The summed E-state index contributed by atoms with van der Waals surface area (Å²) in [7, 11) is 0. The first-order valence-electron chi connectivity index (χ1n) is 13.4. The molecule has 1 aliphatic heterocycles. The number of halogens is 1. The Kier molecular flexibility index (Phi) is 9.19. The summed E-state index contributed by atoms with van der Waals surface area (Å²) in [4.78, 5) is 28.3. The highest BCUT2D eigenvalue weighted by Gasteiger charge is 2.48. The molecular formula is C31H28FN3O5S2. The van der Waals surface area contributed by atoms with Crippen LogP contribution in [0, 0.1) is 5.82 Å². The van der Waals surface area contributed by atoms with Gasteiger partial charge in [-0.2, -0.15) is 0 Å². The van der Waals surface area contributed by atoms with Gasteiger partial charge in [0.1, 0.15) is 11.6 Å². The lowest BCUT2D eigenvalue weighted by Gasteiger charge is -2.23. The number of carbonyl (C=O) groups excluding carboxylic acids is 2. The fourth-order valence-electron chi connectivity index (χ4n) is 4.50. The lowest BCUT2D eigenvalue weighted by molar-refractivity contribution is -0.132. The number of aromatic nitrogens is 2. The summed E-state index contributed by atoms with van der Waals surface area (Å²) in [5, 5.41) is 19.9. The minimum absolute atomic E-state index is 0.0772. The molecule has 2 heterocycles. The number of hydrogen-bond acceptors (Lipinski definition) is 9. The van der Waals surface area contributed by atoms with Gasteiger partial charge in [0.05, 0.1) is 24.8 Å². The van der Waals surface area contributed by atoms with Crippen molar-refractivity contribution in [2.45, 2.75) is 36.4 Å². The lowest BCUT2D eigenvalue weighted by atomic mass is 9.95. The average Bonchev–Trinajstić information content (AvgIpc) is 3.58. The maximum atomic E-state index is 14.1. The summed E-state index contributed by atoms with van der Waals surface area (Å²) in [5.74, 6) is -1.02. The summed E-state index contributed by atoms with van der Waals surface area (Å²) < 4.78 is 26.3. The second-order valence-corrected chi connectivity index (χ2v) is 11.4. The van der Waals surface area contributed by atoms with Gasteiger partial charge in [-0.3, -0.25) is 14.5 Å². The van der Waals surface area contributed by atoms with Gasteiger partial charge in [-0.25, -0.2) is 4.39 Å². The number of carbonyl (C=O) groups is 2. The van der Waals surface area contributed by atoms with Crippen molar-refractivity contribution in [3.8, 4) is 11.5 Å². The number of benzene rings is 3. The molecule has 0 radical (unpaired) electrons. The number of aliphatic hydroxyl groups excluding tert-OH is 1. The van der Waals surface area contributed by atoms with Gasteiger partial charge < -0.3 is 14.6 Å². The molecule has 1 atom stereocenters. The van der Waals surface area contributed by atoms with Crippen molar-refractivity contribution in [2.24, 2.45) is 0 Å². The summed E-state index contributed by atoms with van der Waals surface area (Å²) in [6, 6.07) is 19.2. The molecule has 0 saturated carbocycles. The number of ketones is 1. The van der Waals surface area contributed by atoms with Crippen molar-refractivity contribution >= 4 is 45.7 Å². The second-order valence-electron chi connectivity index (χ2n) is 9.25. The Morgan fingerprint density at radius 2 is 1.76 bits per heavy atom. The van der Waals surface area contributed by atoms with Gasteiger partial charge in [0.2, 0.25) is 5.13 Å². The van der Waals surface area contributed by atoms with Crippen molar-refractivity contribution in [3.05, 3.63) is 101 Å². The normalized spacial score (nSPS) is 16.2. The number of ether oxygens (including phenoxy) is 2. The molecule has 1 aromatic heterocycles. The number of Topliss-reactive ketones (excluding diaryl/α,β-unsaturated/α-hetero) is 1. The number of aliphatic hydroxyl groups is 1. The molecule has 1 aliphatic rings. The third-order valence-electron chi connectivity index (χ3n) is 6.45. The van der Waals surface area contributed by atoms with Crippen molar-refractivity contribution < 1.29 is 28.6 Å². The van der Waals surface area contributed by atoms with E-state index < -0.39 is 17.7 Å². The van der Waals surface area contributed by atoms with Crippen molar-refractivity contribution in [2.75, 3.05) is 18.1 Å². The largest absolute Gasteiger partial charge is 0.507 e. The Bertz CT molecular complexity index is 1630. The molecule has 4 aromatic rings. The number of thioether (sulfide) groups is 1. The van der Waals surface area contributed by atoms with Crippen LogP contribution in [0.3, 0.4) is 0 Å². The summed E-state index contributed by atoms with van der Waals surface area (Å²) >= 11 is 2.38. The fourth-order valence-corrected chi connectivity index (χ4v) is 6.36. The van der Waals surface area contributed by atoms with E-state index in [2.05, 4.69) is 10.2 Å². The maximum Gasteiger partial charge on any atom is 0.301 e. The molecule has 0 bridgehead atoms. The van der Waals surface area contributed by atoms with Gasteiger partial charge >= 0.3 is 5.91 Å². The van der Waals surface area contributed by atoms with Gasteiger partial charge in [0.25, 0.3) is 5.78 Å². The van der Waals surface area contributed by atoms with Crippen LogP contribution in [-0.4, -0.2) is 40.2 Å². The van der Waals surface area contributed by atoms with Crippen LogP contribution in [0.15, 0.2) is 82.7 Å². The number of amides is 1. The molecule has 3 aromatic carbocycles. The van der Waals surface area contributed by atoms with E-state index in [9.17, 15) is 19.1 Å². The first kappa shape index (κ1) is 29.3. The number of hydrogen-bond donors (Lipinski definition) is 1. The monoisotopic (exact) mass is 605 g/mol. The molecule has 1 amide bonds. The van der Waals surface area contributed by atoms with Crippen LogP contribution in [0.2, 0.25) is 0 Å². The highest BCUT2D eigenvalue weighted by atomic mass is 32.2. The maximum absolute atomic E-state index is 14.1. The van der Waals surface area contributed by atoms with Gasteiger partial charge in [-0.05, 0) is 42.7 Å². The van der Waals surface area contributed by atoms with Gasteiger partial charge in [0, 0.05) is 11.3 Å². The van der Waals surface area contributed by atoms with Crippen LogP contribution in [0.4, 0.5) is 9.52 Å². The third kappa shape index (κ3) is 6.02. The Morgan fingerprint density at radius 1 is 1.00 bits per heavy atom. The lowest BCUT2D eigenvalue weighted by Crippen LogP contribution is -2.29. The number of anilines is 1. The molecule has 1 unspecified atom stereocenters. The Morgan fingerprint density at radius 3 is 2.50 bits per heavy atom. The standard InChI is InChI=1S/C31H28FN3O5S2/c1-3-16-40-23-15-14-20(17-24(23)39-4-2)26-25(27(36)19-10-6-5-7-11-19)28(37)29(38)35(26)30-33-34-31(42-30)41-18-21-12-8-9-13-22(21)32/h5-15,17,26,36H,3-4,16,18H2,1-2H3. The van der Waals surface area contributed by atoms with E-state index in [1.807, 2.05) is 13.8 Å². The molecule has 1 fully saturated rings. The molecule has 0 aliphatic carbocycles. The Balaban J connectivity index is 1.57. The zero-order valence-corrected chi connectivity index (χ0v) is 24.6. The van der Waals surface area contributed by atoms with E-state index in [-0.39, 0.29) is 22.3 Å². The summed E-state index contributed by atoms with van der Waals surface area (Å²) in [5.41, 5.74) is 1.35. The predicted octanol–water partition coefficient (Wildman–Crippen LogP) is 6.78. The van der Waals surface area contributed by atoms with Gasteiger partial charge in [0.15, 0.2) is 15.8 Å². The van der Waals surface area contributed by atoms with E-state index >= 15 is 0 Å². The molecular weight excluding hydrogens is 577 g/mol.